The minimum absolute atomic E-state index is 0.0669. The van der Waals surface area contributed by atoms with Gasteiger partial charge in [-0.15, -0.1) is 0 Å². The second-order valence-electron chi connectivity index (χ2n) is 6.62. The molecule has 0 radical (unpaired) electrons. The zero-order valence-corrected chi connectivity index (χ0v) is 15.3. The lowest BCUT2D eigenvalue weighted by atomic mass is 10.2. The van der Waals surface area contributed by atoms with E-state index >= 15 is 0 Å². The summed E-state index contributed by atoms with van der Waals surface area (Å²) in [7, 11) is -3.27. The van der Waals surface area contributed by atoms with Crippen LogP contribution >= 0.6 is 0 Å². The van der Waals surface area contributed by atoms with E-state index in [2.05, 4.69) is 14.9 Å². The van der Waals surface area contributed by atoms with Gasteiger partial charge in [0.2, 0.25) is 10.0 Å². The van der Waals surface area contributed by atoms with Crippen molar-refractivity contribution >= 4 is 21.1 Å². The highest BCUT2D eigenvalue weighted by atomic mass is 32.2. The maximum absolute atomic E-state index is 12.6. The van der Waals surface area contributed by atoms with Crippen molar-refractivity contribution in [2.24, 2.45) is 0 Å². The Hall–Kier alpha value is -2.22. The number of sulfonamides is 1. The lowest BCUT2D eigenvalue weighted by molar-refractivity contribution is 0.178. The highest BCUT2D eigenvalue weighted by molar-refractivity contribution is 7.88. The molecule has 26 heavy (non-hydrogen) atoms. The molecule has 0 amide bonds. The molecule has 2 aromatic carbocycles. The number of para-hydroxylation sites is 2. The van der Waals surface area contributed by atoms with Crippen LogP contribution in [0.25, 0.3) is 11.0 Å². The first-order chi connectivity index (χ1) is 12.6. The molecule has 0 saturated carbocycles. The number of nitrogens with one attached hydrogen (secondary N) is 1. The van der Waals surface area contributed by atoms with Crippen molar-refractivity contribution in [1.29, 1.82) is 0 Å². The minimum atomic E-state index is -3.27. The molecule has 2 heterocycles. The molecule has 0 aliphatic carbocycles. The van der Waals surface area contributed by atoms with Gasteiger partial charge in [0.1, 0.15) is 5.82 Å². The van der Waals surface area contributed by atoms with Gasteiger partial charge in [-0.3, -0.25) is 4.90 Å². The van der Waals surface area contributed by atoms with Crippen LogP contribution in [0.3, 0.4) is 0 Å². The number of hydrogen-bond donors (Lipinski definition) is 1. The lowest BCUT2D eigenvalue weighted by Gasteiger charge is -2.33. The Morgan fingerprint density at radius 1 is 0.923 bits per heavy atom. The van der Waals surface area contributed by atoms with E-state index in [4.69, 9.17) is 0 Å². The summed E-state index contributed by atoms with van der Waals surface area (Å²) in [5, 5.41) is 0. The van der Waals surface area contributed by atoms with Crippen molar-refractivity contribution in [2.75, 3.05) is 26.2 Å². The van der Waals surface area contributed by atoms with Gasteiger partial charge in [0, 0.05) is 26.2 Å². The molecule has 4 rings (SSSR count). The fourth-order valence-electron chi connectivity index (χ4n) is 3.33. The first-order valence-electron chi connectivity index (χ1n) is 8.78. The quantitative estimate of drug-likeness (QED) is 0.748. The second-order valence-corrected chi connectivity index (χ2v) is 8.59. The molecule has 6 nitrogen and oxygen atoms in total. The number of aromatic amines is 1. The molecule has 0 atom stereocenters. The van der Waals surface area contributed by atoms with Gasteiger partial charge in [-0.25, -0.2) is 13.4 Å². The normalized spacial score (nSPS) is 16.9. The first kappa shape index (κ1) is 17.2. The average molecular weight is 370 g/mol. The Morgan fingerprint density at radius 2 is 1.62 bits per heavy atom. The van der Waals surface area contributed by atoms with E-state index in [0.29, 0.717) is 32.7 Å². The highest BCUT2D eigenvalue weighted by Crippen LogP contribution is 2.16. The van der Waals surface area contributed by atoms with Crippen LogP contribution in [0.2, 0.25) is 0 Å². The molecule has 7 heteroatoms. The number of imidazole rings is 1. The molecule has 0 bridgehead atoms. The van der Waals surface area contributed by atoms with Crippen molar-refractivity contribution in [2.45, 2.75) is 12.3 Å². The maximum atomic E-state index is 12.6. The molecule has 1 aliphatic rings. The Labute approximate surface area is 153 Å². The Morgan fingerprint density at radius 3 is 2.35 bits per heavy atom. The monoisotopic (exact) mass is 370 g/mol. The number of rotatable bonds is 5. The predicted molar refractivity (Wildman–Crippen MR) is 102 cm³/mol. The molecular weight excluding hydrogens is 348 g/mol. The van der Waals surface area contributed by atoms with Crippen LogP contribution in [-0.4, -0.2) is 53.8 Å². The van der Waals surface area contributed by atoms with Crippen LogP contribution < -0.4 is 0 Å². The number of nitrogens with zero attached hydrogens (tertiary/aromatic N) is 3. The summed E-state index contributed by atoms with van der Waals surface area (Å²) in [4.78, 5) is 10.2. The van der Waals surface area contributed by atoms with Crippen molar-refractivity contribution < 1.29 is 8.42 Å². The summed E-state index contributed by atoms with van der Waals surface area (Å²) >= 11 is 0. The molecule has 3 aromatic rings. The van der Waals surface area contributed by atoms with Crippen LogP contribution in [0.1, 0.15) is 11.4 Å². The van der Waals surface area contributed by atoms with Crippen LogP contribution in [0.5, 0.6) is 0 Å². The Kier molecular flexibility index (Phi) is 4.76. The number of fused-ring (bicyclic) bond motifs is 1. The Balaban J connectivity index is 1.36. The van der Waals surface area contributed by atoms with E-state index in [-0.39, 0.29) is 5.75 Å². The predicted octanol–water partition coefficient (Wildman–Crippen LogP) is 2.21. The van der Waals surface area contributed by atoms with Crippen LogP contribution in [-0.2, 0) is 22.3 Å². The SMILES string of the molecule is O=S(=O)(Cc1ccccc1)N1CCN(Cc2nc3ccccc3[nH]2)CC1. The molecule has 136 valence electrons. The van der Waals surface area contributed by atoms with Crippen LogP contribution in [0, 0.1) is 0 Å². The minimum Gasteiger partial charge on any atom is -0.341 e. The second kappa shape index (κ2) is 7.19. The number of H-pyrrole nitrogens is 1. The molecule has 0 spiro atoms. The average Bonchev–Trinajstić information content (AvgIpc) is 3.05. The van der Waals surface area contributed by atoms with Crippen molar-refractivity contribution in [3.8, 4) is 0 Å². The Bertz CT molecular complexity index is 944. The van der Waals surface area contributed by atoms with E-state index in [9.17, 15) is 8.42 Å². The summed E-state index contributed by atoms with van der Waals surface area (Å²) in [6.07, 6.45) is 0. The molecule has 0 unspecified atom stereocenters. The number of hydrogen-bond acceptors (Lipinski definition) is 4. The molecule has 1 aliphatic heterocycles. The molecule has 1 saturated heterocycles. The zero-order valence-electron chi connectivity index (χ0n) is 14.5. The van der Waals surface area contributed by atoms with E-state index < -0.39 is 10.0 Å². The topological polar surface area (TPSA) is 69.3 Å². The van der Waals surface area contributed by atoms with Gasteiger partial charge in [0.05, 0.1) is 23.3 Å². The standard InChI is InChI=1S/C19H22N4O2S/c24-26(25,15-16-6-2-1-3-7-16)23-12-10-22(11-13-23)14-19-20-17-8-4-5-9-18(17)21-19/h1-9H,10-15H2,(H,20,21). The highest BCUT2D eigenvalue weighted by Gasteiger charge is 2.27. The van der Waals surface area contributed by atoms with Gasteiger partial charge in [0.15, 0.2) is 0 Å². The number of benzene rings is 2. The third kappa shape index (κ3) is 3.80. The van der Waals surface area contributed by atoms with Gasteiger partial charge in [0.25, 0.3) is 0 Å². The zero-order chi connectivity index (χ0) is 18.0. The van der Waals surface area contributed by atoms with E-state index in [0.717, 1.165) is 22.4 Å². The molecule has 1 N–H and O–H groups in total. The van der Waals surface area contributed by atoms with E-state index in [1.54, 1.807) is 4.31 Å². The van der Waals surface area contributed by atoms with Gasteiger partial charge in [-0.1, -0.05) is 42.5 Å². The number of aromatic nitrogens is 2. The lowest BCUT2D eigenvalue weighted by Crippen LogP contribution is -2.48. The fraction of sp³-hybridized carbons (Fsp3) is 0.316. The summed E-state index contributed by atoms with van der Waals surface area (Å²) in [6.45, 7) is 3.18. The third-order valence-electron chi connectivity index (χ3n) is 4.73. The summed E-state index contributed by atoms with van der Waals surface area (Å²) in [5.74, 6) is 0.990. The van der Waals surface area contributed by atoms with Crippen molar-refractivity contribution in [3.05, 3.63) is 66.0 Å². The third-order valence-corrected chi connectivity index (χ3v) is 6.58. The number of piperazine rings is 1. The fourth-order valence-corrected chi connectivity index (χ4v) is 4.85. The molecule has 1 fully saturated rings. The van der Waals surface area contributed by atoms with Crippen molar-refractivity contribution in [3.63, 3.8) is 0 Å². The van der Waals surface area contributed by atoms with Crippen molar-refractivity contribution in [1.82, 2.24) is 19.2 Å². The smallest absolute Gasteiger partial charge is 0.218 e. The summed E-state index contributed by atoms with van der Waals surface area (Å²) in [6, 6.07) is 17.3. The molecule has 1 aromatic heterocycles. The van der Waals surface area contributed by atoms with Crippen LogP contribution in [0.15, 0.2) is 54.6 Å². The van der Waals surface area contributed by atoms with Crippen LogP contribution in [0.4, 0.5) is 0 Å². The summed E-state index contributed by atoms with van der Waals surface area (Å²) < 4.78 is 26.9. The van der Waals surface area contributed by atoms with Gasteiger partial charge < -0.3 is 4.98 Å². The van der Waals surface area contributed by atoms with Gasteiger partial charge in [-0.2, -0.15) is 4.31 Å². The largest absolute Gasteiger partial charge is 0.341 e. The van der Waals surface area contributed by atoms with Gasteiger partial charge >= 0.3 is 0 Å². The summed E-state index contributed by atoms with van der Waals surface area (Å²) in [5.41, 5.74) is 2.83. The maximum Gasteiger partial charge on any atom is 0.218 e. The first-order valence-corrected chi connectivity index (χ1v) is 10.4. The molecular formula is C19H22N4O2S. The van der Waals surface area contributed by atoms with E-state index in [1.165, 1.54) is 0 Å². The van der Waals surface area contributed by atoms with E-state index in [1.807, 2.05) is 54.6 Å². The van der Waals surface area contributed by atoms with Gasteiger partial charge in [-0.05, 0) is 17.7 Å².